The van der Waals surface area contributed by atoms with Crippen molar-refractivity contribution >= 4 is 33.4 Å². The number of hydrogen-bond acceptors (Lipinski definition) is 2. The van der Waals surface area contributed by atoms with Gasteiger partial charge in [0.2, 0.25) is 0 Å². The van der Waals surface area contributed by atoms with Crippen molar-refractivity contribution in [2.75, 3.05) is 0 Å². The van der Waals surface area contributed by atoms with Gasteiger partial charge in [-0.25, -0.2) is 4.98 Å². The van der Waals surface area contributed by atoms with Crippen LogP contribution in [-0.4, -0.2) is 9.55 Å². The molecule has 0 bridgehead atoms. The number of para-hydroxylation sites is 1. The van der Waals surface area contributed by atoms with Crippen LogP contribution in [0.25, 0.3) is 33.1 Å². The zero-order valence-corrected chi connectivity index (χ0v) is 15.3. The maximum atomic E-state index is 13.2. The number of nitrogens with zero attached hydrogens (tertiary/aromatic N) is 2. The summed E-state index contributed by atoms with van der Waals surface area (Å²) < 4.78 is 1.85. The van der Waals surface area contributed by atoms with Crippen molar-refractivity contribution in [3.8, 4) is 11.3 Å². The maximum absolute atomic E-state index is 13.2. The van der Waals surface area contributed by atoms with Gasteiger partial charge in [0.1, 0.15) is 0 Å². The van der Waals surface area contributed by atoms with Gasteiger partial charge in [-0.1, -0.05) is 49.2 Å². The van der Waals surface area contributed by atoms with E-state index in [0.29, 0.717) is 22.8 Å². The molecule has 2 aromatic heterocycles. The van der Waals surface area contributed by atoms with Crippen molar-refractivity contribution in [1.29, 1.82) is 0 Å². The minimum atomic E-state index is -0.00365. The van der Waals surface area contributed by atoms with Gasteiger partial charge in [0.25, 0.3) is 5.56 Å². The number of unbranched alkanes of at least 4 members (excludes halogenated alkanes) is 1. The van der Waals surface area contributed by atoms with Crippen molar-refractivity contribution < 1.29 is 0 Å². The fourth-order valence-electron chi connectivity index (χ4n) is 3.30. The molecule has 0 saturated carbocycles. The fourth-order valence-corrected chi connectivity index (χ4v) is 3.48. The van der Waals surface area contributed by atoms with E-state index in [4.69, 9.17) is 16.6 Å². The number of rotatable bonds is 4. The first kappa shape index (κ1) is 16.8. The summed E-state index contributed by atoms with van der Waals surface area (Å²) in [5.41, 5.74) is 3.10. The minimum Gasteiger partial charge on any atom is -0.308 e. The van der Waals surface area contributed by atoms with Crippen LogP contribution in [0.1, 0.15) is 19.8 Å². The van der Waals surface area contributed by atoms with E-state index in [-0.39, 0.29) is 5.56 Å². The molecule has 0 amide bonds. The quantitative estimate of drug-likeness (QED) is 0.468. The molecule has 0 atom stereocenters. The topological polar surface area (TPSA) is 34.9 Å². The van der Waals surface area contributed by atoms with E-state index in [1.165, 1.54) is 0 Å². The number of benzene rings is 2. The van der Waals surface area contributed by atoms with Crippen LogP contribution in [0.2, 0.25) is 5.02 Å². The first-order valence-corrected chi connectivity index (χ1v) is 9.24. The lowest BCUT2D eigenvalue weighted by molar-refractivity contribution is 0.632. The Morgan fingerprint density at radius 2 is 1.85 bits per heavy atom. The Labute approximate surface area is 156 Å². The van der Waals surface area contributed by atoms with Gasteiger partial charge in [0.05, 0.1) is 22.3 Å². The van der Waals surface area contributed by atoms with Gasteiger partial charge in [-0.15, -0.1) is 0 Å². The number of hydrogen-bond donors (Lipinski definition) is 0. The molecule has 4 rings (SSSR count). The molecule has 4 heteroatoms. The Kier molecular flexibility index (Phi) is 4.48. The zero-order chi connectivity index (χ0) is 18.1. The Morgan fingerprint density at radius 3 is 2.69 bits per heavy atom. The van der Waals surface area contributed by atoms with Crippen molar-refractivity contribution in [2.45, 2.75) is 26.3 Å². The van der Waals surface area contributed by atoms with Crippen LogP contribution in [0, 0.1) is 0 Å². The third-order valence-electron chi connectivity index (χ3n) is 4.67. The Hall–Kier alpha value is -2.65. The first-order chi connectivity index (χ1) is 12.7. The summed E-state index contributed by atoms with van der Waals surface area (Å²) in [7, 11) is 0. The molecule has 0 aliphatic rings. The van der Waals surface area contributed by atoms with E-state index in [9.17, 15) is 4.79 Å². The second kappa shape index (κ2) is 6.93. The lowest BCUT2D eigenvalue weighted by atomic mass is 10.1. The van der Waals surface area contributed by atoms with E-state index in [1.54, 1.807) is 0 Å². The average Bonchev–Trinajstić information content (AvgIpc) is 2.66. The van der Waals surface area contributed by atoms with Crippen LogP contribution >= 0.6 is 11.6 Å². The monoisotopic (exact) mass is 362 g/mol. The molecule has 0 spiro atoms. The van der Waals surface area contributed by atoms with Crippen LogP contribution in [0.4, 0.5) is 0 Å². The minimum absolute atomic E-state index is 0.00365. The van der Waals surface area contributed by atoms with Crippen LogP contribution in [0.5, 0.6) is 0 Å². The van der Waals surface area contributed by atoms with Crippen LogP contribution in [0.15, 0.2) is 65.5 Å². The van der Waals surface area contributed by atoms with E-state index >= 15 is 0 Å². The molecule has 0 N–H and O–H groups in total. The van der Waals surface area contributed by atoms with Gasteiger partial charge in [-0.05, 0) is 42.8 Å². The summed E-state index contributed by atoms with van der Waals surface area (Å²) in [6.45, 7) is 2.81. The highest BCUT2D eigenvalue weighted by Gasteiger charge is 2.13. The van der Waals surface area contributed by atoms with E-state index in [1.807, 2.05) is 65.2 Å². The number of halogens is 1. The van der Waals surface area contributed by atoms with Crippen LogP contribution < -0.4 is 5.56 Å². The molecule has 0 saturated heterocycles. The molecule has 0 unspecified atom stereocenters. The average molecular weight is 363 g/mol. The van der Waals surface area contributed by atoms with Gasteiger partial charge in [0.15, 0.2) is 0 Å². The normalized spacial score (nSPS) is 11.3. The third-order valence-corrected chi connectivity index (χ3v) is 4.90. The fraction of sp³-hybridized carbons (Fsp3) is 0.182. The van der Waals surface area contributed by atoms with Crippen LogP contribution in [-0.2, 0) is 6.54 Å². The highest BCUT2D eigenvalue weighted by Crippen LogP contribution is 2.24. The van der Waals surface area contributed by atoms with Crippen molar-refractivity contribution in [3.05, 3.63) is 76.0 Å². The molecular weight excluding hydrogens is 344 g/mol. The molecule has 0 radical (unpaired) electrons. The maximum Gasteiger partial charge on any atom is 0.260 e. The van der Waals surface area contributed by atoms with E-state index in [2.05, 4.69) is 6.92 Å². The summed E-state index contributed by atoms with van der Waals surface area (Å²) >= 11 is 6.19. The Balaban J connectivity index is 1.98. The highest BCUT2D eigenvalue weighted by molar-refractivity contribution is 6.31. The summed E-state index contributed by atoms with van der Waals surface area (Å²) in [4.78, 5) is 17.9. The van der Waals surface area contributed by atoms with Crippen molar-refractivity contribution in [3.63, 3.8) is 0 Å². The molecule has 0 aliphatic carbocycles. The van der Waals surface area contributed by atoms with Crippen molar-refractivity contribution in [1.82, 2.24) is 9.55 Å². The number of pyridine rings is 2. The Bertz CT molecular complexity index is 1160. The summed E-state index contributed by atoms with van der Waals surface area (Å²) in [6.07, 6.45) is 1.98. The molecular formula is C22H19ClN2O. The first-order valence-electron chi connectivity index (χ1n) is 8.86. The third kappa shape index (κ3) is 2.99. The molecule has 0 aliphatic heterocycles. The van der Waals surface area contributed by atoms with Gasteiger partial charge in [-0.3, -0.25) is 4.79 Å². The highest BCUT2D eigenvalue weighted by atomic mass is 35.5. The predicted octanol–water partition coefficient (Wildman–Crippen LogP) is 5.67. The molecule has 3 nitrogen and oxygen atoms in total. The van der Waals surface area contributed by atoms with Crippen LogP contribution in [0.3, 0.4) is 0 Å². The zero-order valence-electron chi connectivity index (χ0n) is 14.6. The van der Waals surface area contributed by atoms with E-state index < -0.39 is 0 Å². The molecule has 2 heterocycles. The van der Waals surface area contributed by atoms with E-state index in [0.717, 1.165) is 34.6 Å². The smallest absolute Gasteiger partial charge is 0.260 e. The molecule has 4 aromatic rings. The number of fused-ring (bicyclic) bond motifs is 2. The number of aryl methyl sites for hydroxylation is 1. The molecule has 2 aromatic carbocycles. The summed E-state index contributed by atoms with van der Waals surface area (Å²) in [5.74, 6) is 0. The van der Waals surface area contributed by atoms with Gasteiger partial charge in [0, 0.05) is 22.3 Å². The second-order valence-corrected chi connectivity index (χ2v) is 6.90. The van der Waals surface area contributed by atoms with Gasteiger partial charge < -0.3 is 4.57 Å². The van der Waals surface area contributed by atoms with Crippen molar-refractivity contribution in [2.24, 2.45) is 0 Å². The molecule has 0 fully saturated rings. The number of aromatic nitrogens is 2. The lowest BCUT2D eigenvalue weighted by Crippen LogP contribution is -2.22. The summed E-state index contributed by atoms with van der Waals surface area (Å²) in [5, 5.41) is 2.68. The molecule has 26 heavy (non-hydrogen) atoms. The lowest BCUT2D eigenvalue weighted by Gasteiger charge is -2.13. The van der Waals surface area contributed by atoms with Gasteiger partial charge >= 0.3 is 0 Å². The van der Waals surface area contributed by atoms with Gasteiger partial charge in [-0.2, -0.15) is 0 Å². The standard InChI is InChI=1S/C22H19ClN2O/c1-2-3-12-25-21-11-9-17(23)13-16(21)14-18(22(25)26)20-10-8-15-6-4-5-7-19(15)24-20/h4-11,13-14H,2-3,12H2,1H3. The molecule has 130 valence electrons. The SMILES string of the molecule is CCCCn1c(=O)c(-c2ccc3ccccc3n2)cc2cc(Cl)ccc21. The largest absolute Gasteiger partial charge is 0.308 e. The second-order valence-electron chi connectivity index (χ2n) is 6.46. The predicted molar refractivity (Wildman–Crippen MR) is 109 cm³/mol. The summed E-state index contributed by atoms with van der Waals surface area (Å²) in [6, 6.07) is 19.4. The Morgan fingerprint density at radius 1 is 1.00 bits per heavy atom.